The Bertz CT molecular complexity index is 331. The molecule has 0 spiro atoms. The molecule has 0 bridgehead atoms. The van der Waals surface area contributed by atoms with Crippen LogP contribution < -0.4 is 0 Å². The molecule has 0 unspecified atom stereocenters. The average Bonchev–Trinajstić information content (AvgIpc) is 2.15. The van der Waals surface area contributed by atoms with Crippen LogP contribution in [0.4, 0.5) is 0 Å². The summed E-state index contributed by atoms with van der Waals surface area (Å²) >= 11 is 6.84. The third-order valence-corrected chi connectivity index (χ3v) is 2.84. The smallest absolute Gasteiger partial charge is 0.0436 e. The van der Waals surface area contributed by atoms with Crippen molar-refractivity contribution >= 4 is 37.6 Å². The van der Waals surface area contributed by atoms with Crippen LogP contribution in [0.1, 0.15) is 26.7 Å². The lowest BCUT2D eigenvalue weighted by Gasteiger charge is -2.09. The largest absolute Gasteiger partial charge is 0.260 e. The van der Waals surface area contributed by atoms with E-state index in [4.69, 9.17) is 0 Å². The molecule has 0 aromatic rings. The molecule has 1 aliphatic heterocycles. The number of nitrogens with zero attached hydrogens (tertiary/aromatic N) is 1. The molecule has 3 heteroatoms. The van der Waals surface area contributed by atoms with Crippen molar-refractivity contribution in [1.82, 2.24) is 0 Å². The molecule has 76 valence electrons. The van der Waals surface area contributed by atoms with Crippen LogP contribution in [-0.2, 0) is 0 Å². The monoisotopic (exact) mass is 317 g/mol. The molecule has 0 aliphatic carbocycles. The van der Waals surface area contributed by atoms with E-state index < -0.39 is 0 Å². The molecule has 1 heterocycles. The maximum atomic E-state index is 4.38. The van der Waals surface area contributed by atoms with Crippen LogP contribution in [0.2, 0.25) is 0 Å². The molecule has 0 aromatic heterocycles. The van der Waals surface area contributed by atoms with Crippen molar-refractivity contribution in [2.75, 3.05) is 0 Å². The summed E-state index contributed by atoms with van der Waals surface area (Å²) in [6.45, 7) is 4.11. The Labute approximate surface area is 102 Å². The highest BCUT2D eigenvalue weighted by Crippen LogP contribution is 2.20. The molecule has 14 heavy (non-hydrogen) atoms. The molecular weight excluding hydrogens is 306 g/mol. The molecule has 0 aromatic carbocycles. The SMILES string of the molecule is C/C(Br)=C\C=C(/C)C1=NC=C(Br)CC1. The molecule has 0 saturated heterocycles. The minimum atomic E-state index is 1.02. The Morgan fingerprint density at radius 2 is 2.07 bits per heavy atom. The summed E-state index contributed by atoms with van der Waals surface area (Å²) in [5.74, 6) is 0. The fourth-order valence-corrected chi connectivity index (χ4v) is 1.58. The van der Waals surface area contributed by atoms with Gasteiger partial charge in [0.15, 0.2) is 0 Å². The van der Waals surface area contributed by atoms with Gasteiger partial charge in [0.05, 0.1) is 0 Å². The van der Waals surface area contributed by atoms with E-state index >= 15 is 0 Å². The maximum Gasteiger partial charge on any atom is 0.0436 e. The summed E-state index contributed by atoms with van der Waals surface area (Å²) in [6.07, 6.45) is 8.11. The first-order valence-electron chi connectivity index (χ1n) is 4.52. The topological polar surface area (TPSA) is 12.4 Å². The van der Waals surface area contributed by atoms with Crippen LogP contribution in [-0.4, -0.2) is 5.71 Å². The van der Waals surface area contributed by atoms with Gasteiger partial charge in [0.2, 0.25) is 0 Å². The van der Waals surface area contributed by atoms with Gasteiger partial charge in [0.1, 0.15) is 0 Å². The van der Waals surface area contributed by atoms with Crippen LogP contribution >= 0.6 is 31.9 Å². The van der Waals surface area contributed by atoms with Crippen molar-refractivity contribution in [3.63, 3.8) is 0 Å². The van der Waals surface area contributed by atoms with E-state index in [-0.39, 0.29) is 0 Å². The second kappa shape index (κ2) is 5.66. The van der Waals surface area contributed by atoms with Crippen molar-refractivity contribution in [3.05, 3.63) is 32.9 Å². The molecular formula is C11H13Br2N. The van der Waals surface area contributed by atoms with Crippen LogP contribution in [0.5, 0.6) is 0 Å². The highest BCUT2D eigenvalue weighted by Gasteiger charge is 2.06. The lowest BCUT2D eigenvalue weighted by Crippen LogP contribution is -2.02. The van der Waals surface area contributed by atoms with E-state index in [1.807, 2.05) is 19.2 Å². The number of allylic oxidation sites excluding steroid dienone is 5. The van der Waals surface area contributed by atoms with E-state index in [9.17, 15) is 0 Å². The third kappa shape index (κ3) is 3.93. The van der Waals surface area contributed by atoms with Gasteiger partial charge in [-0.15, -0.1) is 0 Å². The maximum absolute atomic E-state index is 4.38. The van der Waals surface area contributed by atoms with Gasteiger partial charge < -0.3 is 0 Å². The van der Waals surface area contributed by atoms with Crippen LogP contribution in [0.15, 0.2) is 37.9 Å². The Hall–Kier alpha value is -0.150. The molecule has 1 aliphatic rings. The minimum absolute atomic E-state index is 1.02. The number of rotatable bonds is 2. The Kier molecular flexibility index (Phi) is 4.82. The van der Waals surface area contributed by atoms with Gasteiger partial charge in [-0.2, -0.15) is 0 Å². The van der Waals surface area contributed by atoms with Crippen molar-refractivity contribution in [2.24, 2.45) is 4.99 Å². The molecule has 0 saturated carbocycles. The van der Waals surface area contributed by atoms with Gasteiger partial charge in [-0.25, -0.2) is 0 Å². The lowest BCUT2D eigenvalue weighted by molar-refractivity contribution is 1.04. The highest BCUT2D eigenvalue weighted by molar-refractivity contribution is 9.12. The standard InChI is InChI=1S/C11H13Br2N/c1-8(3-4-9(2)12)11-6-5-10(13)7-14-11/h3-4,7H,5-6H2,1-2H3/b8-3+,9-4+. The summed E-state index contributed by atoms with van der Waals surface area (Å²) in [5.41, 5.74) is 2.42. The first-order chi connectivity index (χ1) is 6.59. The molecule has 0 radical (unpaired) electrons. The summed E-state index contributed by atoms with van der Waals surface area (Å²) in [7, 11) is 0. The van der Waals surface area contributed by atoms with E-state index in [1.165, 1.54) is 15.8 Å². The van der Waals surface area contributed by atoms with Crippen LogP contribution in [0, 0.1) is 0 Å². The van der Waals surface area contributed by atoms with Gasteiger partial charge in [-0.3, -0.25) is 4.99 Å². The van der Waals surface area contributed by atoms with Crippen molar-refractivity contribution in [3.8, 4) is 0 Å². The molecule has 0 atom stereocenters. The molecule has 0 amide bonds. The van der Waals surface area contributed by atoms with Gasteiger partial charge in [-0.1, -0.05) is 44.0 Å². The van der Waals surface area contributed by atoms with E-state index in [1.54, 1.807) is 0 Å². The molecule has 0 fully saturated rings. The van der Waals surface area contributed by atoms with Crippen LogP contribution in [0.3, 0.4) is 0 Å². The Balaban J connectivity index is 2.76. The number of aliphatic imine (C=N–C) groups is 1. The Morgan fingerprint density at radius 3 is 2.57 bits per heavy atom. The van der Waals surface area contributed by atoms with E-state index in [0.29, 0.717) is 0 Å². The first kappa shape index (κ1) is 11.9. The first-order valence-corrected chi connectivity index (χ1v) is 6.10. The molecule has 0 N–H and O–H groups in total. The third-order valence-electron chi connectivity index (χ3n) is 1.98. The fourth-order valence-electron chi connectivity index (χ4n) is 1.15. The lowest BCUT2D eigenvalue weighted by atomic mass is 10.1. The van der Waals surface area contributed by atoms with Gasteiger partial charge in [0, 0.05) is 16.4 Å². The zero-order chi connectivity index (χ0) is 10.6. The summed E-state index contributed by atoms with van der Waals surface area (Å²) in [5, 5.41) is 0. The zero-order valence-corrected chi connectivity index (χ0v) is 11.5. The predicted octanol–water partition coefficient (Wildman–Crippen LogP) is 4.70. The predicted molar refractivity (Wildman–Crippen MR) is 70.1 cm³/mol. The summed E-state index contributed by atoms with van der Waals surface area (Å²) < 4.78 is 2.31. The quantitative estimate of drug-likeness (QED) is 0.654. The number of halogens is 2. The number of hydrogen-bond acceptors (Lipinski definition) is 1. The summed E-state index contributed by atoms with van der Waals surface area (Å²) in [4.78, 5) is 4.38. The second-order valence-electron chi connectivity index (χ2n) is 3.25. The van der Waals surface area contributed by atoms with Crippen molar-refractivity contribution in [2.45, 2.75) is 26.7 Å². The highest BCUT2D eigenvalue weighted by atomic mass is 79.9. The van der Waals surface area contributed by atoms with Crippen molar-refractivity contribution in [1.29, 1.82) is 0 Å². The number of hydrogen-bond donors (Lipinski definition) is 0. The van der Waals surface area contributed by atoms with E-state index in [0.717, 1.165) is 17.3 Å². The van der Waals surface area contributed by atoms with Crippen LogP contribution in [0.25, 0.3) is 0 Å². The fraction of sp³-hybridized carbons (Fsp3) is 0.364. The zero-order valence-electron chi connectivity index (χ0n) is 8.35. The van der Waals surface area contributed by atoms with Crippen molar-refractivity contribution < 1.29 is 0 Å². The second-order valence-corrected chi connectivity index (χ2v) is 5.52. The normalized spacial score (nSPS) is 19.1. The Morgan fingerprint density at radius 1 is 1.36 bits per heavy atom. The summed E-state index contributed by atoms with van der Waals surface area (Å²) in [6, 6.07) is 0. The van der Waals surface area contributed by atoms with Gasteiger partial charge in [-0.05, 0) is 36.7 Å². The van der Waals surface area contributed by atoms with Gasteiger partial charge >= 0.3 is 0 Å². The average molecular weight is 319 g/mol. The van der Waals surface area contributed by atoms with Gasteiger partial charge in [0.25, 0.3) is 0 Å². The molecule has 1 nitrogen and oxygen atoms in total. The molecule has 1 rings (SSSR count). The minimum Gasteiger partial charge on any atom is -0.260 e. The van der Waals surface area contributed by atoms with E-state index in [2.05, 4.69) is 49.9 Å².